The first kappa shape index (κ1) is 16.6. The van der Waals surface area contributed by atoms with Gasteiger partial charge in [0.2, 0.25) is 0 Å². The predicted octanol–water partition coefficient (Wildman–Crippen LogP) is 3.33. The summed E-state index contributed by atoms with van der Waals surface area (Å²) in [7, 11) is 0. The van der Waals surface area contributed by atoms with Crippen LogP contribution in [0.4, 0.5) is 21.8 Å². The maximum atomic E-state index is 14.1. The lowest BCUT2D eigenvalue weighted by Crippen LogP contribution is -2.22. The summed E-state index contributed by atoms with van der Waals surface area (Å²) in [5.74, 6) is 0.475. The highest BCUT2D eigenvalue weighted by molar-refractivity contribution is 5.88. The van der Waals surface area contributed by atoms with Gasteiger partial charge in [-0.25, -0.2) is 14.4 Å². The molecule has 134 valence electrons. The molecule has 1 saturated heterocycles. The molecule has 7 nitrogen and oxygen atoms in total. The number of rotatable bonds is 3. The Morgan fingerprint density at radius 3 is 3.15 bits per heavy atom. The standard InChI is InChI=1S/C18H20FN7/c1-11-2-3-14(9-20-7-11)24-18-21-10-15(19)17(25-18)23-13-4-5-16-12(6-13)8-22-26-16/h4-6,8,10-11,20H,2-3,7,9H2,1H3,(H,22,26)(H,21,23,25)/b24-14-. The van der Waals surface area contributed by atoms with Gasteiger partial charge in [0, 0.05) is 23.3 Å². The fraction of sp³-hybridized carbons (Fsp3) is 0.333. The molecule has 3 aromatic rings. The van der Waals surface area contributed by atoms with Crippen molar-refractivity contribution in [2.75, 3.05) is 18.4 Å². The maximum absolute atomic E-state index is 14.1. The van der Waals surface area contributed by atoms with Crippen LogP contribution in [0.1, 0.15) is 19.8 Å². The van der Waals surface area contributed by atoms with Gasteiger partial charge >= 0.3 is 0 Å². The summed E-state index contributed by atoms with van der Waals surface area (Å²) in [5.41, 5.74) is 2.63. The van der Waals surface area contributed by atoms with E-state index in [1.165, 1.54) is 0 Å². The van der Waals surface area contributed by atoms with Gasteiger partial charge in [0.25, 0.3) is 5.95 Å². The molecule has 0 saturated carbocycles. The van der Waals surface area contributed by atoms with Crippen molar-refractivity contribution in [3.05, 3.63) is 36.4 Å². The van der Waals surface area contributed by atoms with Gasteiger partial charge in [-0.05, 0) is 43.5 Å². The molecule has 0 aliphatic carbocycles. The molecule has 0 radical (unpaired) electrons. The number of benzene rings is 1. The number of aromatic nitrogens is 4. The van der Waals surface area contributed by atoms with E-state index >= 15 is 0 Å². The van der Waals surface area contributed by atoms with Gasteiger partial charge in [0.15, 0.2) is 11.6 Å². The maximum Gasteiger partial charge on any atom is 0.251 e. The third-order valence-electron chi connectivity index (χ3n) is 4.44. The van der Waals surface area contributed by atoms with Crippen LogP contribution < -0.4 is 10.6 Å². The Balaban J connectivity index is 1.57. The Morgan fingerprint density at radius 1 is 1.31 bits per heavy atom. The van der Waals surface area contributed by atoms with Gasteiger partial charge in [0.1, 0.15) is 0 Å². The van der Waals surface area contributed by atoms with E-state index in [0.29, 0.717) is 12.5 Å². The van der Waals surface area contributed by atoms with Crippen molar-refractivity contribution >= 4 is 34.1 Å². The molecule has 3 N–H and O–H groups in total. The molecule has 1 fully saturated rings. The van der Waals surface area contributed by atoms with Crippen molar-refractivity contribution in [2.45, 2.75) is 19.8 Å². The van der Waals surface area contributed by atoms with Crippen LogP contribution >= 0.6 is 0 Å². The Bertz CT molecular complexity index is 950. The van der Waals surface area contributed by atoms with Crippen LogP contribution in [0.15, 0.2) is 35.6 Å². The minimum Gasteiger partial charge on any atom is -0.338 e. The molecular formula is C18H20FN7. The normalized spacial score (nSPS) is 19.6. The second kappa shape index (κ2) is 7.17. The second-order valence-electron chi connectivity index (χ2n) is 6.62. The van der Waals surface area contributed by atoms with E-state index in [2.05, 4.69) is 42.7 Å². The molecule has 4 rings (SSSR count). The smallest absolute Gasteiger partial charge is 0.251 e. The monoisotopic (exact) mass is 353 g/mol. The first-order chi connectivity index (χ1) is 12.7. The number of hydrogen-bond acceptors (Lipinski definition) is 6. The molecule has 1 unspecified atom stereocenters. The molecule has 0 bridgehead atoms. The van der Waals surface area contributed by atoms with Crippen LogP contribution in [0, 0.1) is 11.7 Å². The number of nitrogens with zero attached hydrogens (tertiary/aromatic N) is 4. The molecule has 1 aromatic carbocycles. The highest BCUT2D eigenvalue weighted by Gasteiger charge is 2.13. The first-order valence-electron chi connectivity index (χ1n) is 8.67. The minimum atomic E-state index is -0.520. The highest BCUT2D eigenvalue weighted by atomic mass is 19.1. The van der Waals surface area contributed by atoms with E-state index in [1.807, 2.05) is 18.2 Å². The highest BCUT2D eigenvalue weighted by Crippen LogP contribution is 2.23. The van der Waals surface area contributed by atoms with Crippen molar-refractivity contribution in [1.29, 1.82) is 0 Å². The molecule has 8 heteroatoms. The molecule has 2 aromatic heterocycles. The van der Waals surface area contributed by atoms with Crippen molar-refractivity contribution in [3.63, 3.8) is 0 Å². The topological polar surface area (TPSA) is 90.9 Å². The van der Waals surface area contributed by atoms with E-state index < -0.39 is 5.82 Å². The van der Waals surface area contributed by atoms with Gasteiger partial charge in [-0.3, -0.25) is 5.10 Å². The SMILES string of the molecule is CC1CC/C(=N/c2ncc(F)c(Nc3ccc4[nH]ncc4c3)n2)CNC1. The van der Waals surface area contributed by atoms with E-state index in [1.54, 1.807) is 6.20 Å². The molecule has 1 atom stereocenters. The predicted molar refractivity (Wildman–Crippen MR) is 99.7 cm³/mol. The van der Waals surface area contributed by atoms with E-state index in [0.717, 1.165) is 47.9 Å². The largest absolute Gasteiger partial charge is 0.338 e. The zero-order valence-electron chi connectivity index (χ0n) is 14.5. The second-order valence-corrected chi connectivity index (χ2v) is 6.62. The number of aromatic amines is 1. The van der Waals surface area contributed by atoms with Crippen LogP contribution in [0.25, 0.3) is 10.9 Å². The van der Waals surface area contributed by atoms with E-state index in [-0.39, 0.29) is 11.8 Å². The first-order valence-corrected chi connectivity index (χ1v) is 8.67. The fourth-order valence-electron chi connectivity index (χ4n) is 2.96. The van der Waals surface area contributed by atoms with Gasteiger partial charge in [-0.15, -0.1) is 0 Å². The summed E-state index contributed by atoms with van der Waals surface area (Å²) in [6, 6.07) is 5.59. The van der Waals surface area contributed by atoms with E-state index in [4.69, 9.17) is 0 Å². The Kier molecular flexibility index (Phi) is 4.57. The molecule has 1 aliphatic rings. The number of hydrogen-bond donors (Lipinski definition) is 3. The van der Waals surface area contributed by atoms with Crippen molar-refractivity contribution < 1.29 is 4.39 Å². The van der Waals surface area contributed by atoms with Crippen LogP contribution in [-0.2, 0) is 0 Å². The number of halogens is 1. The van der Waals surface area contributed by atoms with Crippen molar-refractivity contribution in [2.24, 2.45) is 10.9 Å². The van der Waals surface area contributed by atoms with Crippen LogP contribution in [-0.4, -0.2) is 39.0 Å². The van der Waals surface area contributed by atoms with Crippen LogP contribution in [0.3, 0.4) is 0 Å². The molecule has 26 heavy (non-hydrogen) atoms. The molecule has 0 spiro atoms. The molecular weight excluding hydrogens is 333 g/mol. The zero-order valence-corrected chi connectivity index (χ0v) is 14.5. The molecule has 3 heterocycles. The summed E-state index contributed by atoms with van der Waals surface area (Å²) < 4.78 is 14.1. The van der Waals surface area contributed by atoms with Gasteiger partial charge in [0.05, 0.1) is 17.9 Å². The van der Waals surface area contributed by atoms with Crippen LogP contribution in [0.2, 0.25) is 0 Å². The minimum absolute atomic E-state index is 0.108. The summed E-state index contributed by atoms with van der Waals surface area (Å²) in [6.07, 6.45) is 4.84. The van der Waals surface area contributed by atoms with Crippen molar-refractivity contribution in [3.8, 4) is 0 Å². The Labute approximate surface area is 150 Å². The van der Waals surface area contributed by atoms with E-state index in [9.17, 15) is 4.39 Å². The average molecular weight is 353 g/mol. The Hall–Kier alpha value is -2.87. The summed E-state index contributed by atoms with van der Waals surface area (Å²) in [5, 5.41) is 14.2. The zero-order chi connectivity index (χ0) is 17.9. The number of nitrogens with one attached hydrogen (secondary N) is 3. The summed E-state index contributed by atoms with van der Waals surface area (Å²) >= 11 is 0. The fourth-order valence-corrected chi connectivity index (χ4v) is 2.96. The summed E-state index contributed by atoms with van der Waals surface area (Å²) in [6.45, 7) is 3.90. The van der Waals surface area contributed by atoms with Gasteiger partial charge < -0.3 is 10.6 Å². The Morgan fingerprint density at radius 2 is 2.23 bits per heavy atom. The average Bonchev–Trinajstić information content (AvgIpc) is 3.00. The third-order valence-corrected chi connectivity index (χ3v) is 4.44. The number of aliphatic imine (C=N–C) groups is 1. The number of H-pyrrole nitrogens is 1. The van der Waals surface area contributed by atoms with Crippen LogP contribution in [0.5, 0.6) is 0 Å². The lowest BCUT2D eigenvalue weighted by atomic mass is 10.1. The van der Waals surface area contributed by atoms with Gasteiger partial charge in [-0.1, -0.05) is 6.92 Å². The number of anilines is 2. The molecule has 1 aliphatic heterocycles. The van der Waals surface area contributed by atoms with Crippen molar-refractivity contribution in [1.82, 2.24) is 25.5 Å². The number of fused-ring (bicyclic) bond motifs is 1. The summed E-state index contributed by atoms with van der Waals surface area (Å²) in [4.78, 5) is 12.8. The van der Waals surface area contributed by atoms with Gasteiger partial charge in [-0.2, -0.15) is 10.1 Å². The lowest BCUT2D eigenvalue weighted by Gasteiger charge is -2.08. The molecule has 0 amide bonds. The lowest BCUT2D eigenvalue weighted by molar-refractivity contribution is 0.527. The quantitative estimate of drug-likeness (QED) is 0.672. The third kappa shape index (κ3) is 3.70.